The molecule has 126 valence electrons. The Hall–Kier alpha value is -1.39. The van der Waals surface area contributed by atoms with Crippen molar-refractivity contribution < 1.29 is 4.79 Å². The highest BCUT2D eigenvalue weighted by atomic mass is 16.2. The van der Waals surface area contributed by atoms with Gasteiger partial charge in [-0.1, -0.05) is 30.3 Å². The van der Waals surface area contributed by atoms with Crippen LogP contribution in [0.2, 0.25) is 0 Å². The molecule has 1 saturated heterocycles. The van der Waals surface area contributed by atoms with Gasteiger partial charge in [-0.3, -0.25) is 9.69 Å². The van der Waals surface area contributed by atoms with Crippen LogP contribution in [-0.4, -0.2) is 54.0 Å². The van der Waals surface area contributed by atoms with Crippen molar-refractivity contribution in [3.8, 4) is 0 Å². The first-order valence-corrected chi connectivity index (χ1v) is 8.90. The van der Waals surface area contributed by atoms with E-state index >= 15 is 0 Å². The number of carbonyl (C=O) groups is 1. The number of benzene rings is 1. The molecule has 2 atom stereocenters. The largest absolute Gasteiger partial charge is 0.342 e. The lowest BCUT2D eigenvalue weighted by Gasteiger charge is -2.41. The summed E-state index contributed by atoms with van der Waals surface area (Å²) in [5.74, 6) is 0.241. The topological polar surface area (TPSA) is 35.6 Å². The van der Waals surface area contributed by atoms with E-state index in [2.05, 4.69) is 47.5 Å². The standard InChI is InChI=1S/C19H29N3O/c1-15-12-18(21(2)19(23)13-20-17-8-9-17)10-11-22(15)14-16-6-4-3-5-7-16/h3-7,15,17-18,20H,8-14H2,1-2H3/t15-,18-/m0/s1. The summed E-state index contributed by atoms with van der Waals surface area (Å²) in [5.41, 5.74) is 1.37. The van der Waals surface area contributed by atoms with E-state index < -0.39 is 0 Å². The summed E-state index contributed by atoms with van der Waals surface area (Å²) in [4.78, 5) is 16.8. The van der Waals surface area contributed by atoms with E-state index in [1.807, 2.05) is 11.9 Å². The van der Waals surface area contributed by atoms with Crippen LogP contribution >= 0.6 is 0 Å². The number of carbonyl (C=O) groups excluding carboxylic acids is 1. The minimum Gasteiger partial charge on any atom is -0.342 e. The van der Waals surface area contributed by atoms with Gasteiger partial charge >= 0.3 is 0 Å². The summed E-state index contributed by atoms with van der Waals surface area (Å²) >= 11 is 0. The number of hydrogen-bond acceptors (Lipinski definition) is 3. The summed E-state index contributed by atoms with van der Waals surface area (Å²) in [5, 5.41) is 3.33. The molecule has 1 amide bonds. The minimum absolute atomic E-state index is 0.241. The first-order chi connectivity index (χ1) is 11.1. The molecule has 4 nitrogen and oxygen atoms in total. The zero-order valence-electron chi connectivity index (χ0n) is 14.4. The Bertz CT molecular complexity index is 515. The Morgan fingerprint density at radius 1 is 1.26 bits per heavy atom. The number of nitrogens with one attached hydrogen (secondary N) is 1. The van der Waals surface area contributed by atoms with Crippen LogP contribution in [0.25, 0.3) is 0 Å². The molecule has 1 aliphatic heterocycles. The molecule has 2 aliphatic rings. The highest BCUT2D eigenvalue weighted by molar-refractivity contribution is 5.78. The second-order valence-corrected chi connectivity index (χ2v) is 7.14. The van der Waals surface area contributed by atoms with Gasteiger partial charge in [0.25, 0.3) is 0 Å². The van der Waals surface area contributed by atoms with E-state index in [-0.39, 0.29) is 5.91 Å². The second kappa shape index (κ2) is 7.45. The lowest BCUT2D eigenvalue weighted by Crippen LogP contribution is -2.50. The number of likely N-dealkylation sites (tertiary alicyclic amines) is 1. The maximum Gasteiger partial charge on any atom is 0.236 e. The van der Waals surface area contributed by atoms with Gasteiger partial charge in [-0.25, -0.2) is 0 Å². The summed E-state index contributed by atoms with van der Waals surface area (Å²) < 4.78 is 0. The second-order valence-electron chi connectivity index (χ2n) is 7.14. The molecule has 0 aromatic heterocycles. The van der Waals surface area contributed by atoms with E-state index in [0.717, 1.165) is 25.9 Å². The van der Waals surface area contributed by atoms with Gasteiger partial charge in [0.1, 0.15) is 0 Å². The van der Waals surface area contributed by atoms with Gasteiger partial charge in [-0.15, -0.1) is 0 Å². The number of likely N-dealkylation sites (N-methyl/N-ethyl adjacent to an activating group) is 1. The van der Waals surface area contributed by atoms with Crippen molar-refractivity contribution in [3.63, 3.8) is 0 Å². The maximum atomic E-state index is 12.3. The SMILES string of the molecule is C[C@H]1C[C@@H](N(C)C(=O)CNC2CC2)CCN1Cc1ccccc1. The van der Waals surface area contributed by atoms with Crippen LogP contribution in [-0.2, 0) is 11.3 Å². The lowest BCUT2D eigenvalue weighted by molar-refractivity contribution is -0.132. The van der Waals surface area contributed by atoms with Crippen LogP contribution in [0.3, 0.4) is 0 Å². The maximum absolute atomic E-state index is 12.3. The highest BCUT2D eigenvalue weighted by Gasteiger charge is 2.30. The van der Waals surface area contributed by atoms with Crippen LogP contribution < -0.4 is 5.32 Å². The lowest BCUT2D eigenvalue weighted by atomic mass is 9.96. The van der Waals surface area contributed by atoms with Crippen molar-refractivity contribution in [1.29, 1.82) is 0 Å². The van der Waals surface area contributed by atoms with Crippen molar-refractivity contribution in [1.82, 2.24) is 15.1 Å². The molecule has 1 saturated carbocycles. The number of rotatable bonds is 6. The first kappa shape index (κ1) is 16.5. The number of hydrogen-bond donors (Lipinski definition) is 1. The predicted molar refractivity (Wildman–Crippen MR) is 93.1 cm³/mol. The summed E-state index contributed by atoms with van der Waals surface area (Å²) in [6, 6.07) is 12.1. The van der Waals surface area contributed by atoms with Crippen LogP contribution in [0.5, 0.6) is 0 Å². The van der Waals surface area contributed by atoms with E-state index in [1.165, 1.54) is 18.4 Å². The van der Waals surface area contributed by atoms with Gasteiger partial charge in [0.05, 0.1) is 6.54 Å². The predicted octanol–water partition coefficient (Wildman–Crippen LogP) is 2.25. The molecule has 23 heavy (non-hydrogen) atoms. The van der Waals surface area contributed by atoms with Crippen molar-refractivity contribution in [2.45, 2.75) is 57.3 Å². The Labute approximate surface area is 139 Å². The molecular formula is C19H29N3O. The molecular weight excluding hydrogens is 286 g/mol. The fourth-order valence-corrected chi connectivity index (χ4v) is 3.45. The van der Waals surface area contributed by atoms with Crippen molar-refractivity contribution >= 4 is 5.91 Å². The minimum atomic E-state index is 0.241. The van der Waals surface area contributed by atoms with Crippen molar-refractivity contribution in [2.75, 3.05) is 20.1 Å². The molecule has 0 unspecified atom stereocenters. The molecule has 2 fully saturated rings. The van der Waals surface area contributed by atoms with Crippen LogP contribution in [0, 0.1) is 0 Å². The van der Waals surface area contributed by atoms with Gasteiger partial charge in [0.2, 0.25) is 5.91 Å². The number of piperidine rings is 1. The first-order valence-electron chi connectivity index (χ1n) is 8.90. The van der Waals surface area contributed by atoms with Crippen LogP contribution in [0.1, 0.15) is 38.2 Å². The summed E-state index contributed by atoms with van der Waals surface area (Å²) in [6.07, 6.45) is 4.60. The smallest absolute Gasteiger partial charge is 0.236 e. The fourth-order valence-electron chi connectivity index (χ4n) is 3.45. The molecule has 1 aliphatic carbocycles. The summed E-state index contributed by atoms with van der Waals surface area (Å²) in [7, 11) is 1.97. The van der Waals surface area contributed by atoms with Crippen LogP contribution in [0.4, 0.5) is 0 Å². The summed E-state index contributed by atoms with van der Waals surface area (Å²) in [6.45, 7) is 4.86. The highest BCUT2D eigenvalue weighted by Crippen LogP contribution is 2.23. The Balaban J connectivity index is 1.48. The third kappa shape index (κ3) is 4.55. The Kier molecular flexibility index (Phi) is 5.34. The number of nitrogens with zero attached hydrogens (tertiary/aromatic N) is 2. The Morgan fingerprint density at radius 2 is 2.00 bits per heavy atom. The van der Waals surface area contributed by atoms with Gasteiger partial charge < -0.3 is 10.2 Å². The van der Waals surface area contributed by atoms with E-state index in [4.69, 9.17) is 0 Å². The fraction of sp³-hybridized carbons (Fsp3) is 0.632. The zero-order valence-corrected chi connectivity index (χ0v) is 14.4. The molecule has 1 heterocycles. The average molecular weight is 315 g/mol. The van der Waals surface area contributed by atoms with Crippen molar-refractivity contribution in [3.05, 3.63) is 35.9 Å². The molecule has 1 aromatic rings. The molecule has 0 radical (unpaired) electrons. The normalized spacial score (nSPS) is 25.3. The van der Waals surface area contributed by atoms with Gasteiger partial charge in [0, 0.05) is 38.3 Å². The molecule has 3 rings (SSSR count). The molecule has 1 N–H and O–H groups in total. The van der Waals surface area contributed by atoms with Crippen molar-refractivity contribution in [2.24, 2.45) is 0 Å². The molecule has 0 spiro atoms. The quantitative estimate of drug-likeness (QED) is 0.874. The molecule has 4 heteroatoms. The van der Waals surface area contributed by atoms with Gasteiger partial charge in [-0.2, -0.15) is 0 Å². The van der Waals surface area contributed by atoms with E-state index in [9.17, 15) is 4.79 Å². The van der Waals surface area contributed by atoms with Crippen LogP contribution in [0.15, 0.2) is 30.3 Å². The third-order valence-corrected chi connectivity index (χ3v) is 5.27. The average Bonchev–Trinajstić information content (AvgIpc) is 3.39. The Morgan fingerprint density at radius 3 is 2.65 bits per heavy atom. The van der Waals surface area contributed by atoms with E-state index in [1.54, 1.807) is 0 Å². The van der Waals surface area contributed by atoms with Gasteiger partial charge in [-0.05, 0) is 38.2 Å². The third-order valence-electron chi connectivity index (χ3n) is 5.27. The van der Waals surface area contributed by atoms with E-state index in [0.29, 0.717) is 24.7 Å². The van der Waals surface area contributed by atoms with Gasteiger partial charge in [0.15, 0.2) is 0 Å². The number of amides is 1. The molecule has 0 bridgehead atoms. The monoisotopic (exact) mass is 315 g/mol. The molecule has 1 aromatic carbocycles. The zero-order chi connectivity index (χ0) is 16.2.